The van der Waals surface area contributed by atoms with E-state index in [2.05, 4.69) is 4.99 Å². The Kier molecular flexibility index (Phi) is 3.65. The lowest BCUT2D eigenvalue weighted by atomic mass is 10.2. The van der Waals surface area contributed by atoms with Gasteiger partial charge in [-0.1, -0.05) is 6.07 Å². The second-order valence-corrected chi connectivity index (χ2v) is 4.25. The van der Waals surface area contributed by atoms with E-state index in [9.17, 15) is 20.3 Å². The third-order valence-corrected chi connectivity index (χ3v) is 2.70. The van der Waals surface area contributed by atoms with Gasteiger partial charge in [-0.3, -0.25) is 15.1 Å². The van der Waals surface area contributed by atoms with Gasteiger partial charge in [0, 0.05) is 23.9 Å². The van der Waals surface area contributed by atoms with E-state index < -0.39 is 4.92 Å². The van der Waals surface area contributed by atoms with Gasteiger partial charge < -0.3 is 10.2 Å². The Morgan fingerprint density at radius 1 is 1.15 bits per heavy atom. The molecule has 0 fully saturated rings. The number of benzene rings is 2. The summed E-state index contributed by atoms with van der Waals surface area (Å²) in [5.74, 6) is -0.114. The van der Waals surface area contributed by atoms with Crippen molar-refractivity contribution in [2.24, 2.45) is 4.99 Å². The fraction of sp³-hybridized carbons (Fsp3) is 0.0714. The van der Waals surface area contributed by atoms with Crippen molar-refractivity contribution in [1.82, 2.24) is 0 Å². The molecule has 0 radical (unpaired) electrons. The van der Waals surface area contributed by atoms with Gasteiger partial charge in [-0.15, -0.1) is 0 Å². The van der Waals surface area contributed by atoms with E-state index in [1.54, 1.807) is 18.2 Å². The Labute approximate surface area is 114 Å². The summed E-state index contributed by atoms with van der Waals surface area (Å²) in [7, 11) is 0. The smallest absolute Gasteiger partial charge is 0.270 e. The average Bonchev–Trinajstić information content (AvgIpc) is 2.39. The van der Waals surface area contributed by atoms with Crippen LogP contribution in [-0.2, 0) is 0 Å². The van der Waals surface area contributed by atoms with Crippen molar-refractivity contribution in [3.63, 3.8) is 0 Å². The minimum Gasteiger partial charge on any atom is -0.507 e. The van der Waals surface area contributed by atoms with Gasteiger partial charge in [0.2, 0.25) is 0 Å². The van der Waals surface area contributed by atoms with Gasteiger partial charge in [0.15, 0.2) is 0 Å². The van der Waals surface area contributed by atoms with Crippen LogP contribution in [0, 0.1) is 17.0 Å². The summed E-state index contributed by atoms with van der Waals surface area (Å²) in [5.41, 5.74) is 1.28. The molecular formula is C14H12N2O4. The predicted molar refractivity (Wildman–Crippen MR) is 74.9 cm³/mol. The number of aromatic hydroxyl groups is 2. The molecule has 0 saturated carbocycles. The third-order valence-electron chi connectivity index (χ3n) is 2.70. The standard InChI is InChI=1S/C14H12N2O4/c1-9-2-4-12(14(18)6-9)15-8-10-7-11(16(19)20)3-5-13(10)17/h2-8,17-18H,1H3. The number of hydrogen-bond donors (Lipinski definition) is 2. The van der Waals surface area contributed by atoms with E-state index in [1.807, 2.05) is 6.92 Å². The molecule has 2 aromatic rings. The molecule has 0 bridgehead atoms. The van der Waals surface area contributed by atoms with Crippen LogP contribution in [0.5, 0.6) is 11.5 Å². The summed E-state index contributed by atoms with van der Waals surface area (Å²) in [6.45, 7) is 1.83. The van der Waals surface area contributed by atoms with E-state index >= 15 is 0 Å². The minimum absolute atomic E-state index is 0.00571. The first-order chi connectivity index (χ1) is 9.47. The molecule has 0 spiro atoms. The van der Waals surface area contributed by atoms with Crippen molar-refractivity contribution in [1.29, 1.82) is 0 Å². The van der Waals surface area contributed by atoms with Crippen molar-refractivity contribution >= 4 is 17.6 Å². The van der Waals surface area contributed by atoms with Gasteiger partial charge in [-0.25, -0.2) is 0 Å². The maximum atomic E-state index is 10.7. The van der Waals surface area contributed by atoms with Crippen molar-refractivity contribution in [3.05, 3.63) is 57.6 Å². The molecule has 0 aromatic heterocycles. The van der Waals surface area contributed by atoms with Crippen LogP contribution in [-0.4, -0.2) is 21.4 Å². The highest BCUT2D eigenvalue weighted by atomic mass is 16.6. The van der Waals surface area contributed by atoms with Gasteiger partial charge >= 0.3 is 0 Å². The van der Waals surface area contributed by atoms with Crippen LogP contribution in [0.2, 0.25) is 0 Å². The number of hydrogen-bond acceptors (Lipinski definition) is 5. The normalized spacial score (nSPS) is 10.8. The van der Waals surface area contributed by atoms with Crippen molar-refractivity contribution in [2.45, 2.75) is 6.92 Å². The Bertz CT molecular complexity index is 696. The van der Waals surface area contributed by atoms with Gasteiger partial charge in [-0.2, -0.15) is 0 Å². The molecule has 0 atom stereocenters. The fourth-order valence-corrected chi connectivity index (χ4v) is 1.64. The molecule has 6 nitrogen and oxygen atoms in total. The molecule has 0 heterocycles. The summed E-state index contributed by atoms with van der Waals surface area (Å²) in [6.07, 6.45) is 1.27. The van der Waals surface area contributed by atoms with Crippen molar-refractivity contribution in [3.8, 4) is 11.5 Å². The highest BCUT2D eigenvalue weighted by molar-refractivity contribution is 5.86. The zero-order chi connectivity index (χ0) is 14.7. The molecule has 6 heteroatoms. The number of phenolic OH excluding ortho intramolecular Hbond substituents is 2. The number of nitrogens with zero attached hydrogens (tertiary/aromatic N) is 2. The van der Waals surface area contributed by atoms with Crippen molar-refractivity contribution in [2.75, 3.05) is 0 Å². The first-order valence-corrected chi connectivity index (χ1v) is 5.78. The maximum absolute atomic E-state index is 10.7. The third kappa shape index (κ3) is 2.92. The molecule has 0 aliphatic rings. The number of aliphatic imine (C=N–C) groups is 1. The first-order valence-electron chi connectivity index (χ1n) is 5.78. The van der Waals surface area contributed by atoms with E-state index in [-0.39, 0.29) is 22.7 Å². The topological polar surface area (TPSA) is 96.0 Å². The van der Waals surface area contributed by atoms with Crippen LogP contribution in [0.4, 0.5) is 11.4 Å². The zero-order valence-corrected chi connectivity index (χ0v) is 10.6. The molecule has 2 N–H and O–H groups in total. The Balaban J connectivity index is 2.35. The van der Waals surface area contributed by atoms with Gasteiger partial charge in [-0.05, 0) is 30.7 Å². The summed E-state index contributed by atoms with van der Waals surface area (Å²) in [5, 5.41) is 30.0. The van der Waals surface area contributed by atoms with E-state index in [1.165, 1.54) is 24.4 Å². The first kappa shape index (κ1) is 13.5. The minimum atomic E-state index is -0.555. The van der Waals surface area contributed by atoms with Crippen LogP contribution in [0.3, 0.4) is 0 Å². The maximum Gasteiger partial charge on any atom is 0.270 e. The molecule has 0 aliphatic heterocycles. The highest BCUT2D eigenvalue weighted by Gasteiger charge is 2.09. The molecule has 0 saturated heterocycles. The average molecular weight is 272 g/mol. The van der Waals surface area contributed by atoms with Crippen LogP contribution in [0.15, 0.2) is 41.4 Å². The molecule has 2 aromatic carbocycles. The summed E-state index contributed by atoms with van der Waals surface area (Å²) >= 11 is 0. The molecule has 20 heavy (non-hydrogen) atoms. The lowest BCUT2D eigenvalue weighted by Crippen LogP contribution is -1.90. The van der Waals surface area contributed by atoms with E-state index in [0.29, 0.717) is 5.69 Å². The Morgan fingerprint density at radius 2 is 1.90 bits per heavy atom. The molecule has 102 valence electrons. The molecule has 0 aliphatic carbocycles. The van der Waals surface area contributed by atoms with Crippen LogP contribution in [0.1, 0.15) is 11.1 Å². The van der Waals surface area contributed by atoms with E-state index in [0.717, 1.165) is 5.56 Å². The monoisotopic (exact) mass is 272 g/mol. The van der Waals surface area contributed by atoms with Gasteiger partial charge in [0.25, 0.3) is 5.69 Å². The second kappa shape index (κ2) is 5.40. The number of phenols is 2. The van der Waals surface area contributed by atoms with Crippen LogP contribution in [0.25, 0.3) is 0 Å². The predicted octanol–water partition coefficient (Wildman–Crippen LogP) is 3.07. The summed E-state index contributed by atoms with van der Waals surface area (Å²) < 4.78 is 0. The second-order valence-electron chi connectivity index (χ2n) is 4.25. The number of nitro groups is 1. The number of aryl methyl sites for hydroxylation is 1. The zero-order valence-electron chi connectivity index (χ0n) is 10.6. The van der Waals surface area contributed by atoms with E-state index in [4.69, 9.17) is 0 Å². The largest absolute Gasteiger partial charge is 0.507 e. The lowest BCUT2D eigenvalue weighted by Gasteiger charge is -2.01. The number of rotatable bonds is 3. The van der Waals surface area contributed by atoms with Gasteiger partial charge in [0.1, 0.15) is 17.2 Å². The molecule has 0 amide bonds. The van der Waals surface area contributed by atoms with Crippen molar-refractivity contribution < 1.29 is 15.1 Å². The SMILES string of the molecule is Cc1ccc(N=Cc2cc([N+](=O)[O-])ccc2O)c(O)c1. The quantitative estimate of drug-likeness (QED) is 0.510. The highest BCUT2D eigenvalue weighted by Crippen LogP contribution is 2.28. The van der Waals surface area contributed by atoms with Crippen LogP contribution >= 0.6 is 0 Å². The molecular weight excluding hydrogens is 260 g/mol. The fourth-order valence-electron chi connectivity index (χ4n) is 1.64. The lowest BCUT2D eigenvalue weighted by molar-refractivity contribution is -0.384. The molecule has 0 unspecified atom stereocenters. The Hall–Kier alpha value is -2.89. The molecule has 2 rings (SSSR count). The van der Waals surface area contributed by atoms with Gasteiger partial charge in [0.05, 0.1) is 4.92 Å². The Morgan fingerprint density at radius 3 is 2.55 bits per heavy atom. The summed E-state index contributed by atoms with van der Waals surface area (Å²) in [4.78, 5) is 14.1. The number of non-ortho nitro benzene ring substituents is 1. The van der Waals surface area contributed by atoms with Crippen LogP contribution < -0.4 is 0 Å². The number of nitro benzene ring substituents is 1. The summed E-state index contributed by atoms with van der Waals surface area (Å²) in [6, 6.07) is 8.60.